The summed E-state index contributed by atoms with van der Waals surface area (Å²) in [5, 5.41) is 12.7. The monoisotopic (exact) mass is 291 g/mol. The second kappa shape index (κ2) is 6.54. The SMILES string of the molecule is Cc1cc(C(=O)NC(C)CC(O)c2ccco2)ccc1F. The predicted octanol–water partition coefficient (Wildman–Crippen LogP) is 2.97. The molecule has 2 unspecified atom stereocenters. The fraction of sp³-hybridized carbons (Fsp3) is 0.312. The lowest BCUT2D eigenvalue weighted by Gasteiger charge is -2.17. The quantitative estimate of drug-likeness (QED) is 0.890. The molecule has 0 bridgehead atoms. The van der Waals surface area contributed by atoms with Crippen molar-refractivity contribution < 1.29 is 18.7 Å². The highest BCUT2D eigenvalue weighted by atomic mass is 19.1. The Kier molecular flexibility index (Phi) is 4.75. The van der Waals surface area contributed by atoms with E-state index < -0.39 is 6.10 Å². The number of benzene rings is 1. The van der Waals surface area contributed by atoms with Crippen LogP contribution in [0.25, 0.3) is 0 Å². The zero-order valence-electron chi connectivity index (χ0n) is 12.0. The lowest BCUT2D eigenvalue weighted by atomic mass is 10.1. The predicted molar refractivity (Wildman–Crippen MR) is 76.4 cm³/mol. The van der Waals surface area contributed by atoms with Crippen molar-refractivity contribution in [1.29, 1.82) is 0 Å². The summed E-state index contributed by atoms with van der Waals surface area (Å²) < 4.78 is 18.3. The van der Waals surface area contributed by atoms with Crippen LogP contribution in [0.15, 0.2) is 41.0 Å². The van der Waals surface area contributed by atoms with Gasteiger partial charge in [0, 0.05) is 18.0 Å². The van der Waals surface area contributed by atoms with Crippen LogP contribution in [-0.2, 0) is 0 Å². The number of rotatable bonds is 5. The van der Waals surface area contributed by atoms with Gasteiger partial charge in [-0.1, -0.05) is 0 Å². The lowest BCUT2D eigenvalue weighted by Crippen LogP contribution is -2.33. The van der Waals surface area contributed by atoms with Crippen molar-refractivity contribution in [2.24, 2.45) is 0 Å². The molecule has 0 aliphatic rings. The van der Waals surface area contributed by atoms with E-state index in [4.69, 9.17) is 4.42 Å². The molecule has 0 radical (unpaired) electrons. The van der Waals surface area contributed by atoms with Crippen molar-refractivity contribution in [2.75, 3.05) is 0 Å². The smallest absolute Gasteiger partial charge is 0.251 e. The second-order valence-corrected chi connectivity index (χ2v) is 5.11. The van der Waals surface area contributed by atoms with Gasteiger partial charge in [-0.05, 0) is 49.7 Å². The van der Waals surface area contributed by atoms with E-state index in [1.165, 1.54) is 24.5 Å². The summed E-state index contributed by atoms with van der Waals surface area (Å²) in [4.78, 5) is 12.0. The molecular weight excluding hydrogens is 273 g/mol. The van der Waals surface area contributed by atoms with Crippen molar-refractivity contribution in [3.05, 3.63) is 59.3 Å². The Morgan fingerprint density at radius 2 is 2.19 bits per heavy atom. The molecule has 4 nitrogen and oxygen atoms in total. The number of hydrogen-bond donors (Lipinski definition) is 2. The maximum absolute atomic E-state index is 13.2. The van der Waals surface area contributed by atoms with Crippen LogP contribution in [0.3, 0.4) is 0 Å². The van der Waals surface area contributed by atoms with Gasteiger partial charge >= 0.3 is 0 Å². The number of hydrogen-bond acceptors (Lipinski definition) is 3. The second-order valence-electron chi connectivity index (χ2n) is 5.11. The summed E-state index contributed by atoms with van der Waals surface area (Å²) in [5.74, 6) is -0.168. The van der Waals surface area contributed by atoms with Crippen molar-refractivity contribution >= 4 is 5.91 Å². The summed E-state index contributed by atoms with van der Waals surface area (Å²) in [7, 11) is 0. The highest BCUT2D eigenvalue weighted by molar-refractivity contribution is 5.94. The van der Waals surface area contributed by atoms with Gasteiger partial charge in [0.05, 0.1) is 6.26 Å². The van der Waals surface area contributed by atoms with Crippen LogP contribution >= 0.6 is 0 Å². The normalized spacial score (nSPS) is 13.7. The van der Waals surface area contributed by atoms with Gasteiger partial charge in [0.15, 0.2) is 0 Å². The molecule has 1 heterocycles. The zero-order chi connectivity index (χ0) is 15.4. The van der Waals surface area contributed by atoms with E-state index in [-0.39, 0.29) is 17.8 Å². The highest BCUT2D eigenvalue weighted by Gasteiger charge is 2.17. The number of carbonyl (C=O) groups excluding carboxylic acids is 1. The Balaban J connectivity index is 1.94. The van der Waals surface area contributed by atoms with Crippen LogP contribution in [0.1, 0.15) is 41.1 Å². The molecule has 0 aliphatic carbocycles. The van der Waals surface area contributed by atoms with Crippen LogP contribution in [0.2, 0.25) is 0 Å². The molecule has 0 aliphatic heterocycles. The average Bonchev–Trinajstić information content (AvgIpc) is 2.95. The van der Waals surface area contributed by atoms with Gasteiger partial charge in [0.1, 0.15) is 17.7 Å². The van der Waals surface area contributed by atoms with Gasteiger partial charge in [-0.15, -0.1) is 0 Å². The Hall–Kier alpha value is -2.14. The summed E-state index contributed by atoms with van der Waals surface area (Å²) in [6, 6.07) is 7.34. The maximum atomic E-state index is 13.2. The molecule has 0 saturated carbocycles. The van der Waals surface area contributed by atoms with E-state index in [2.05, 4.69) is 5.32 Å². The third-order valence-electron chi connectivity index (χ3n) is 3.25. The van der Waals surface area contributed by atoms with E-state index >= 15 is 0 Å². The number of furan rings is 1. The Morgan fingerprint density at radius 3 is 2.81 bits per heavy atom. The molecule has 1 aromatic heterocycles. The molecule has 0 fully saturated rings. The van der Waals surface area contributed by atoms with Crippen LogP contribution in [0.5, 0.6) is 0 Å². The number of halogens is 1. The van der Waals surface area contributed by atoms with E-state index in [0.717, 1.165) is 0 Å². The standard InChI is InChI=1S/C16H18FNO3/c1-10-8-12(5-6-13(10)17)16(20)18-11(2)9-14(19)15-4-3-7-21-15/h3-8,11,14,19H,9H2,1-2H3,(H,18,20). The van der Waals surface area contributed by atoms with E-state index in [1.807, 2.05) is 0 Å². The van der Waals surface area contributed by atoms with Crippen LogP contribution < -0.4 is 5.32 Å². The van der Waals surface area contributed by atoms with Crippen LogP contribution in [0.4, 0.5) is 4.39 Å². The van der Waals surface area contributed by atoms with E-state index in [9.17, 15) is 14.3 Å². The topological polar surface area (TPSA) is 62.5 Å². The largest absolute Gasteiger partial charge is 0.467 e. The van der Waals surface area contributed by atoms with Crippen LogP contribution in [-0.4, -0.2) is 17.1 Å². The minimum absolute atomic E-state index is 0.247. The first-order valence-corrected chi connectivity index (χ1v) is 6.76. The fourth-order valence-electron chi connectivity index (χ4n) is 2.08. The molecule has 0 saturated heterocycles. The maximum Gasteiger partial charge on any atom is 0.251 e. The number of aliphatic hydroxyl groups excluding tert-OH is 1. The third kappa shape index (κ3) is 3.92. The number of carbonyl (C=O) groups is 1. The number of nitrogens with one attached hydrogen (secondary N) is 1. The van der Waals surface area contributed by atoms with Crippen molar-refractivity contribution in [3.63, 3.8) is 0 Å². The van der Waals surface area contributed by atoms with Gasteiger partial charge in [-0.2, -0.15) is 0 Å². The molecule has 1 aromatic carbocycles. The summed E-state index contributed by atoms with van der Waals surface area (Å²) in [5.41, 5.74) is 0.819. The average molecular weight is 291 g/mol. The molecule has 2 atom stereocenters. The van der Waals surface area contributed by atoms with E-state index in [0.29, 0.717) is 23.3 Å². The number of aryl methyl sites for hydroxylation is 1. The molecule has 0 spiro atoms. The minimum Gasteiger partial charge on any atom is -0.467 e. The Morgan fingerprint density at radius 1 is 1.43 bits per heavy atom. The summed E-state index contributed by atoms with van der Waals surface area (Å²) in [6.07, 6.45) is 1.05. The molecule has 21 heavy (non-hydrogen) atoms. The first-order valence-electron chi connectivity index (χ1n) is 6.76. The minimum atomic E-state index is -0.773. The zero-order valence-corrected chi connectivity index (χ0v) is 12.0. The van der Waals surface area contributed by atoms with Gasteiger partial charge in [-0.25, -0.2) is 4.39 Å². The molecule has 5 heteroatoms. The number of aliphatic hydroxyl groups is 1. The lowest BCUT2D eigenvalue weighted by molar-refractivity contribution is 0.0903. The first kappa shape index (κ1) is 15.3. The summed E-state index contributed by atoms with van der Waals surface area (Å²) >= 11 is 0. The fourth-order valence-corrected chi connectivity index (χ4v) is 2.08. The van der Waals surface area contributed by atoms with Crippen molar-refractivity contribution in [1.82, 2.24) is 5.32 Å². The Bertz CT molecular complexity index is 610. The highest BCUT2D eigenvalue weighted by Crippen LogP contribution is 2.18. The van der Waals surface area contributed by atoms with Gasteiger partial charge in [-0.3, -0.25) is 4.79 Å². The molecule has 2 N–H and O–H groups in total. The van der Waals surface area contributed by atoms with Gasteiger partial charge in [0.2, 0.25) is 0 Å². The van der Waals surface area contributed by atoms with Gasteiger partial charge < -0.3 is 14.8 Å². The van der Waals surface area contributed by atoms with Crippen molar-refractivity contribution in [3.8, 4) is 0 Å². The third-order valence-corrected chi connectivity index (χ3v) is 3.25. The van der Waals surface area contributed by atoms with Crippen molar-refractivity contribution in [2.45, 2.75) is 32.4 Å². The van der Waals surface area contributed by atoms with E-state index in [1.54, 1.807) is 26.0 Å². The molecule has 112 valence electrons. The first-order chi connectivity index (χ1) is 9.97. The van der Waals surface area contributed by atoms with Gasteiger partial charge in [0.25, 0.3) is 5.91 Å². The molecule has 2 aromatic rings. The number of amides is 1. The molecule has 1 amide bonds. The van der Waals surface area contributed by atoms with Crippen LogP contribution in [0, 0.1) is 12.7 Å². The molecule has 2 rings (SSSR count). The molecular formula is C16H18FNO3. The Labute approximate surface area is 122 Å². The summed E-state index contributed by atoms with van der Waals surface area (Å²) in [6.45, 7) is 3.40.